The van der Waals surface area contributed by atoms with Crippen LogP contribution in [-0.4, -0.2) is 45.2 Å². The van der Waals surface area contributed by atoms with Crippen LogP contribution in [0.25, 0.3) is 11.1 Å². The molecule has 3 atom stereocenters. The molecule has 8 nitrogen and oxygen atoms in total. The van der Waals surface area contributed by atoms with Gasteiger partial charge in [-0.15, -0.1) is 0 Å². The molecular weight excluding hydrogens is 492 g/mol. The number of amides is 3. The van der Waals surface area contributed by atoms with Crippen LogP contribution < -0.4 is 10.6 Å². The van der Waals surface area contributed by atoms with Crippen LogP contribution in [0.3, 0.4) is 0 Å². The number of piperazine rings is 1. The monoisotopic (exact) mass is 530 g/mol. The first kappa shape index (κ1) is 26.9. The van der Waals surface area contributed by atoms with Crippen LogP contribution in [0.5, 0.6) is 0 Å². The van der Waals surface area contributed by atoms with Gasteiger partial charge in [-0.1, -0.05) is 44.2 Å². The third-order valence-electron chi connectivity index (χ3n) is 7.56. The summed E-state index contributed by atoms with van der Waals surface area (Å²) < 4.78 is 5.66. The largest absolute Gasteiger partial charge is 0.441 e. The lowest BCUT2D eigenvalue weighted by atomic mass is 9.87. The van der Waals surface area contributed by atoms with Gasteiger partial charge in [0.1, 0.15) is 23.6 Å². The fraction of sp³-hybridized carbons (Fsp3) is 0.484. The van der Waals surface area contributed by atoms with Gasteiger partial charge in [0.25, 0.3) is 0 Å². The molecular formula is C31H38N4O4. The number of hydrogen-bond donors (Lipinski definition) is 2. The summed E-state index contributed by atoms with van der Waals surface area (Å²) in [6, 6.07) is 11.1. The first-order chi connectivity index (χ1) is 18.4. The summed E-state index contributed by atoms with van der Waals surface area (Å²) in [5, 5.41) is 6.13. The zero-order chi connectivity index (χ0) is 28.1. The number of oxazole rings is 1. The average Bonchev–Trinajstić information content (AvgIpc) is 3.43. The molecule has 1 aliphatic carbocycles. The lowest BCUT2D eigenvalue weighted by Gasteiger charge is -2.45. The standard InChI is InChI=1S/C31H38N4O4/c1-17(2)13-24-28(36)33-26(22-14-19-9-7-8-10-20(19)15-22)30(38)35(24)27(29(37)34-31(4,5)6)21-11-12-25-23(16-21)32-18(3)39-25/h7-12,16-17,22,24,26-27H,13-15H2,1-6H3,(H,33,36)(H,34,37). The Morgan fingerprint density at radius 3 is 2.41 bits per heavy atom. The normalized spacial score (nSPS) is 20.8. The van der Waals surface area contributed by atoms with Crippen molar-refractivity contribution in [2.24, 2.45) is 11.8 Å². The summed E-state index contributed by atoms with van der Waals surface area (Å²) in [4.78, 5) is 48.2. The lowest BCUT2D eigenvalue weighted by molar-refractivity contribution is -0.158. The van der Waals surface area contributed by atoms with Gasteiger partial charge in [0.15, 0.2) is 11.5 Å². The molecule has 39 heavy (non-hydrogen) atoms. The van der Waals surface area contributed by atoms with Crippen molar-refractivity contribution in [2.75, 3.05) is 0 Å². The van der Waals surface area contributed by atoms with E-state index in [1.54, 1.807) is 30.0 Å². The van der Waals surface area contributed by atoms with E-state index in [2.05, 4.69) is 27.8 Å². The fourth-order valence-electron chi connectivity index (χ4n) is 5.98. The van der Waals surface area contributed by atoms with Crippen molar-refractivity contribution >= 4 is 28.8 Å². The second-order valence-corrected chi connectivity index (χ2v) is 12.4. The van der Waals surface area contributed by atoms with Crippen molar-refractivity contribution in [3.05, 3.63) is 65.0 Å². The number of benzene rings is 2. The van der Waals surface area contributed by atoms with Gasteiger partial charge in [0, 0.05) is 12.5 Å². The van der Waals surface area contributed by atoms with Gasteiger partial charge in [0.2, 0.25) is 17.7 Å². The molecule has 0 radical (unpaired) electrons. The number of nitrogens with zero attached hydrogens (tertiary/aromatic N) is 2. The van der Waals surface area contributed by atoms with E-state index in [0.29, 0.717) is 41.8 Å². The summed E-state index contributed by atoms with van der Waals surface area (Å²) in [5.41, 5.74) is 3.68. The van der Waals surface area contributed by atoms with E-state index in [0.717, 1.165) is 0 Å². The Kier molecular flexibility index (Phi) is 6.99. The Labute approximate surface area is 229 Å². The SMILES string of the molecule is Cc1nc2cc(C(C(=O)NC(C)(C)C)N3C(=O)C(C4Cc5ccccc5C4)NC(=O)C3CC(C)C)ccc2o1. The highest BCUT2D eigenvalue weighted by Crippen LogP contribution is 2.36. The molecule has 3 amide bonds. The Bertz CT molecular complexity index is 1390. The minimum absolute atomic E-state index is 0.0756. The Hall–Kier alpha value is -3.68. The maximum Gasteiger partial charge on any atom is 0.247 e. The Morgan fingerprint density at radius 2 is 1.79 bits per heavy atom. The number of carbonyl (C=O) groups excluding carboxylic acids is 3. The van der Waals surface area contributed by atoms with E-state index in [-0.39, 0.29) is 29.6 Å². The summed E-state index contributed by atoms with van der Waals surface area (Å²) in [7, 11) is 0. The van der Waals surface area contributed by atoms with Crippen LogP contribution >= 0.6 is 0 Å². The fourth-order valence-corrected chi connectivity index (χ4v) is 5.98. The van der Waals surface area contributed by atoms with Crippen LogP contribution in [0, 0.1) is 18.8 Å². The minimum atomic E-state index is -1.00. The predicted molar refractivity (Wildman–Crippen MR) is 149 cm³/mol. The van der Waals surface area contributed by atoms with Crippen molar-refractivity contribution in [3.8, 4) is 0 Å². The van der Waals surface area contributed by atoms with E-state index >= 15 is 0 Å². The average molecular weight is 531 g/mol. The highest BCUT2D eigenvalue weighted by molar-refractivity contribution is 6.00. The summed E-state index contributed by atoms with van der Waals surface area (Å²) in [6.45, 7) is 11.5. The summed E-state index contributed by atoms with van der Waals surface area (Å²) in [6.07, 6.45) is 1.86. The van der Waals surface area contributed by atoms with Crippen molar-refractivity contribution in [2.45, 2.75) is 84.5 Å². The topological polar surface area (TPSA) is 105 Å². The maximum atomic E-state index is 14.5. The smallest absolute Gasteiger partial charge is 0.247 e. The van der Waals surface area contributed by atoms with Gasteiger partial charge in [-0.3, -0.25) is 14.4 Å². The van der Waals surface area contributed by atoms with Crippen molar-refractivity contribution in [1.82, 2.24) is 20.5 Å². The molecule has 3 aromatic rings. The van der Waals surface area contributed by atoms with E-state index < -0.39 is 23.7 Å². The molecule has 1 fully saturated rings. The van der Waals surface area contributed by atoms with Gasteiger partial charge < -0.3 is 20.0 Å². The van der Waals surface area contributed by atoms with Gasteiger partial charge in [0.05, 0.1) is 0 Å². The van der Waals surface area contributed by atoms with Crippen molar-refractivity contribution in [3.63, 3.8) is 0 Å². The first-order valence-corrected chi connectivity index (χ1v) is 13.8. The van der Waals surface area contributed by atoms with Gasteiger partial charge in [-0.05, 0) is 80.7 Å². The van der Waals surface area contributed by atoms with E-state index in [4.69, 9.17) is 4.42 Å². The third kappa shape index (κ3) is 5.42. The highest BCUT2D eigenvalue weighted by Gasteiger charge is 2.49. The van der Waals surface area contributed by atoms with E-state index in [9.17, 15) is 14.4 Å². The van der Waals surface area contributed by atoms with Crippen LogP contribution in [0.4, 0.5) is 0 Å². The Balaban J connectivity index is 1.59. The molecule has 5 rings (SSSR count). The zero-order valence-corrected chi connectivity index (χ0v) is 23.6. The van der Waals surface area contributed by atoms with E-state index in [1.807, 2.05) is 46.8 Å². The van der Waals surface area contributed by atoms with Crippen molar-refractivity contribution < 1.29 is 18.8 Å². The molecule has 1 saturated heterocycles. The maximum absolute atomic E-state index is 14.5. The molecule has 1 aromatic heterocycles. The lowest BCUT2D eigenvalue weighted by Crippen LogP contribution is -2.67. The second-order valence-electron chi connectivity index (χ2n) is 12.4. The molecule has 0 bridgehead atoms. The zero-order valence-electron chi connectivity index (χ0n) is 23.6. The predicted octanol–water partition coefficient (Wildman–Crippen LogP) is 4.25. The highest BCUT2D eigenvalue weighted by atomic mass is 16.3. The van der Waals surface area contributed by atoms with E-state index in [1.165, 1.54) is 11.1 Å². The number of nitrogens with one attached hydrogen (secondary N) is 2. The number of hydrogen-bond acceptors (Lipinski definition) is 5. The Morgan fingerprint density at radius 1 is 1.13 bits per heavy atom. The molecule has 2 N–H and O–H groups in total. The molecule has 206 valence electrons. The molecule has 0 spiro atoms. The van der Waals surface area contributed by atoms with Gasteiger partial charge >= 0.3 is 0 Å². The summed E-state index contributed by atoms with van der Waals surface area (Å²) >= 11 is 0. The van der Waals surface area contributed by atoms with Crippen LogP contribution in [0.2, 0.25) is 0 Å². The number of fused-ring (bicyclic) bond motifs is 2. The van der Waals surface area contributed by atoms with Crippen LogP contribution in [0.15, 0.2) is 46.9 Å². The quantitative estimate of drug-likeness (QED) is 0.496. The molecule has 3 unspecified atom stereocenters. The molecule has 2 aromatic carbocycles. The molecule has 0 saturated carbocycles. The number of aryl methyl sites for hydroxylation is 1. The molecule has 2 heterocycles. The minimum Gasteiger partial charge on any atom is -0.441 e. The number of rotatable bonds is 6. The first-order valence-electron chi connectivity index (χ1n) is 13.8. The second kappa shape index (κ2) is 10.1. The summed E-state index contributed by atoms with van der Waals surface area (Å²) in [5.74, 6) is -0.180. The van der Waals surface area contributed by atoms with Crippen molar-refractivity contribution in [1.29, 1.82) is 0 Å². The molecule has 8 heteroatoms. The van der Waals surface area contributed by atoms with Gasteiger partial charge in [-0.25, -0.2) is 4.98 Å². The third-order valence-corrected chi connectivity index (χ3v) is 7.56. The van der Waals surface area contributed by atoms with Gasteiger partial charge in [-0.2, -0.15) is 0 Å². The number of aromatic nitrogens is 1. The molecule has 2 aliphatic rings. The number of carbonyl (C=O) groups is 3. The molecule has 1 aliphatic heterocycles. The van der Waals surface area contributed by atoms with Crippen LogP contribution in [0.1, 0.15) is 69.7 Å². The van der Waals surface area contributed by atoms with Crippen LogP contribution in [-0.2, 0) is 27.2 Å².